The van der Waals surface area contributed by atoms with Crippen LogP contribution in [-0.4, -0.2) is 31.5 Å². The molecule has 0 aromatic carbocycles. The predicted octanol–water partition coefficient (Wildman–Crippen LogP) is 2.42. The van der Waals surface area contributed by atoms with Crippen LogP contribution in [0.25, 0.3) is 0 Å². The Morgan fingerprint density at radius 3 is 2.14 bits per heavy atom. The van der Waals surface area contributed by atoms with Gasteiger partial charge in [0.1, 0.15) is 0 Å². The lowest BCUT2D eigenvalue weighted by Crippen LogP contribution is -2.43. The van der Waals surface area contributed by atoms with Crippen LogP contribution >= 0.6 is 23.2 Å². The lowest BCUT2D eigenvalue weighted by atomic mass is 9.60. The highest BCUT2D eigenvalue weighted by Gasteiger charge is 2.54. The number of halogens is 2. The molecular formula is C15H14Cl2O4. The van der Waals surface area contributed by atoms with Gasteiger partial charge in [0, 0.05) is 16.9 Å². The molecule has 2 bridgehead atoms. The summed E-state index contributed by atoms with van der Waals surface area (Å²) in [6.45, 7) is 0. The van der Waals surface area contributed by atoms with E-state index in [1.165, 1.54) is 14.2 Å². The Balaban J connectivity index is 2.14. The van der Waals surface area contributed by atoms with Crippen molar-refractivity contribution in [3.8, 4) is 0 Å². The Hall–Kier alpha value is -1.26. The Morgan fingerprint density at radius 1 is 1.05 bits per heavy atom. The standard InChI is InChI=1S/C15H14Cl2O4/c1-20-14(18)11-6-3-4-7(12(11)15(19)21-2)10-8(6)5-9(16)13(10)17/h3-8,10,13H,1-2H3/t6-,7+,8+,10-,13?/m1/s1. The average molecular weight is 329 g/mol. The number of alkyl halides is 1. The Bertz CT molecular complexity index is 605. The normalized spacial score (nSPS) is 36.4. The molecule has 0 radical (unpaired) electrons. The van der Waals surface area contributed by atoms with E-state index in [9.17, 15) is 9.59 Å². The van der Waals surface area contributed by atoms with E-state index in [1.807, 2.05) is 18.2 Å². The smallest absolute Gasteiger partial charge is 0.334 e. The fraction of sp³-hybridized carbons (Fsp3) is 0.467. The van der Waals surface area contributed by atoms with Crippen molar-refractivity contribution in [1.82, 2.24) is 0 Å². The molecule has 0 saturated heterocycles. The summed E-state index contributed by atoms with van der Waals surface area (Å²) < 4.78 is 9.69. The van der Waals surface area contributed by atoms with E-state index < -0.39 is 11.9 Å². The van der Waals surface area contributed by atoms with Crippen molar-refractivity contribution in [1.29, 1.82) is 0 Å². The van der Waals surface area contributed by atoms with Crippen LogP contribution in [0.4, 0.5) is 0 Å². The maximum atomic E-state index is 12.1. The highest BCUT2D eigenvalue weighted by Crippen LogP contribution is 2.56. The Kier molecular flexibility index (Phi) is 3.62. The molecule has 4 aliphatic carbocycles. The van der Waals surface area contributed by atoms with E-state index in [-0.39, 0.29) is 29.0 Å². The van der Waals surface area contributed by atoms with Crippen LogP contribution < -0.4 is 0 Å². The van der Waals surface area contributed by atoms with Crippen molar-refractivity contribution in [2.24, 2.45) is 23.7 Å². The zero-order valence-electron chi connectivity index (χ0n) is 11.5. The maximum Gasteiger partial charge on any atom is 0.334 e. The molecule has 0 fully saturated rings. The SMILES string of the molecule is COC(=O)C1=C(C(=O)OC)[C@@H]2C=C[C@H]1[C@H]1C(Cl)C(Cl)=C[C@H]12. The summed E-state index contributed by atoms with van der Waals surface area (Å²) in [4.78, 5) is 24.3. The molecule has 1 unspecified atom stereocenters. The predicted molar refractivity (Wildman–Crippen MR) is 77.7 cm³/mol. The second-order valence-corrected chi connectivity index (χ2v) is 6.26. The van der Waals surface area contributed by atoms with Crippen LogP contribution in [0.3, 0.4) is 0 Å². The van der Waals surface area contributed by atoms with Gasteiger partial charge in [0.2, 0.25) is 0 Å². The molecule has 5 atom stereocenters. The van der Waals surface area contributed by atoms with Crippen molar-refractivity contribution in [2.75, 3.05) is 14.2 Å². The van der Waals surface area contributed by atoms with Crippen LogP contribution in [0, 0.1) is 23.7 Å². The highest BCUT2D eigenvalue weighted by molar-refractivity contribution is 6.38. The monoisotopic (exact) mass is 328 g/mol. The topological polar surface area (TPSA) is 52.6 Å². The molecule has 0 aliphatic heterocycles. The number of rotatable bonds is 2. The third-order valence-electron chi connectivity index (χ3n) is 4.52. The molecule has 6 heteroatoms. The summed E-state index contributed by atoms with van der Waals surface area (Å²) in [5.74, 6) is -1.57. The summed E-state index contributed by atoms with van der Waals surface area (Å²) in [5.41, 5.74) is 0.716. The third-order valence-corrected chi connectivity index (χ3v) is 5.52. The van der Waals surface area contributed by atoms with Gasteiger partial charge < -0.3 is 9.47 Å². The van der Waals surface area contributed by atoms with Crippen molar-refractivity contribution in [3.63, 3.8) is 0 Å². The molecule has 0 aromatic rings. The largest absolute Gasteiger partial charge is 0.466 e. The number of esters is 2. The fourth-order valence-corrected chi connectivity index (χ4v) is 4.36. The minimum atomic E-state index is -0.514. The van der Waals surface area contributed by atoms with E-state index >= 15 is 0 Å². The summed E-state index contributed by atoms with van der Waals surface area (Å²) in [5, 5.41) is 0.216. The van der Waals surface area contributed by atoms with E-state index in [2.05, 4.69) is 0 Å². The molecule has 0 amide bonds. The zero-order chi connectivity index (χ0) is 15.3. The van der Waals surface area contributed by atoms with Crippen LogP contribution in [0.5, 0.6) is 0 Å². The molecule has 0 spiro atoms. The lowest BCUT2D eigenvalue weighted by Gasteiger charge is -2.43. The van der Waals surface area contributed by atoms with Gasteiger partial charge in [-0.05, 0) is 11.8 Å². The van der Waals surface area contributed by atoms with Crippen LogP contribution in [0.15, 0.2) is 34.4 Å². The Labute approximate surface area is 132 Å². The van der Waals surface area contributed by atoms with Crippen molar-refractivity contribution >= 4 is 35.1 Å². The highest BCUT2D eigenvalue weighted by atomic mass is 35.5. The lowest BCUT2D eigenvalue weighted by molar-refractivity contribution is -0.141. The summed E-state index contributed by atoms with van der Waals surface area (Å²) >= 11 is 12.5. The molecule has 0 saturated carbocycles. The van der Waals surface area contributed by atoms with Gasteiger partial charge in [-0.25, -0.2) is 9.59 Å². The van der Waals surface area contributed by atoms with Gasteiger partial charge in [-0.1, -0.05) is 29.8 Å². The van der Waals surface area contributed by atoms with Crippen LogP contribution in [-0.2, 0) is 19.1 Å². The fourth-order valence-electron chi connectivity index (χ4n) is 3.67. The number of methoxy groups -OCH3 is 2. The van der Waals surface area contributed by atoms with Crippen LogP contribution in [0.1, 0.15) is 0 Å². The molecule has 4 rings (SSSR count). The molecule has 0 heterocycles. The number of allylic oxidation sites excluding steroid dienone is 4. The van der Waals surface area contributed by atoms with Gasteiger partial charge in [0.15, 0.2) is 0 Å². The van der Waals surface area contributed by atoms with Crippen molar-refractivity contribution in [3.05, 3.63) is 34.4 Å². The molecule has 4 aliphatic rings. The molecule has 112 valence electrons. The number of carbonyl (C=O) groups excluding carboxylic acids is 2. The molecule has 0 aromatic heterocycles. The second kappa shape index (κ2) is 5.18. The molecular weight excluding hydrogens is 315 g/mol. The van der Waals surface area contributed by atoms with E-state index in [0.29, 0.717) is 16.2 Å². The second-order valence-electron chi connectivity index (χ2n) is 5.35. The first-order valence-corrected chi connectivity index (χ1v) is 7.43. The zero-order valence-corrected chi connectivity index (χ0v) is 13.0. The maximum absolute atomic E-state index is 12.1. The minimum absolute atomic E-state index is 0.0116. The van der Waals surface area contributed by atoms with Gasteiger partial charge in [-0.15, -0.1) is 11.6 Å². The average Bonchev–Trinajstić information content (AvgIpc) is 2.82. The Morgan fingerprint density at radius 2 is 1.57 bits per heavy atom. The number of hydrogen-bond acceptors (Lipinski definition) is 4. The van der Waals surface area contributed by atoms with E-state index in [1.54, 1.807) is 0 Å². The number of carbonyl (C=O) groups is 2. The number of ether oxygens (including phenoxy) is 2. The summed E-state index contributed by atoms with van der Waals surface area (Å²) in [7, 11) is 2.60. The summed E-state index contributed by atoms with van der Waals surface area (Å²) in [6, 6.07) is 0. The minimum Gasteiger partial charge on any atom is -0.466 e. The first-order valence-electron chi connectivity index (χ1n) is 6.61. The van der Waals surface area contributed by atoms with Gasteiger partial charge in [-0.2, -0.15) is 0 Å². The van der Waals surface area contributed by atoms with E-state index in [0.717, 1.165) is 0 Å². The quantitative estimate of drug-likeness (QED) is 0.444. The van der Waals surface area contributed by atoms with E-state index in [4.69, 9.17) is 32.7 Å². The number of hydrogen-bond donors (Lipinski definition) is 0. The summed E-state index contributed by atoms with van der Waals surface area (Å²) in [6.07, 6.45) is 5.74. The van der Waals surface area contributed by atoms with Gasteiger partial charge in [0.25, 0.3) is 0 Å². The molecule has 0 N–H and O–H groups in total. The van der Waals surface area contributed by atoms with Crippen molar-refractivity contribution < 1.29 is 19.1 Å². The van der Waals surface area contributed by atoms with Gasteiger partial charge in [-0.3, -0.25) is 0 Å². The molecule has 21 heavy (non-hydrogen) atoms. The van der Waals surface area contributed by atoms with Gasteiger partial charge in [0.05, 0.1) is 30.7 Å². The van der Waals surface area contributed by atoms with Crippen molar-refractivity contribution in [2.45, 2.75) is 5.38 Å². The van der Waals surface area contributed by atoms with Crippen LogP contribution in [0.2, 0.25) is 0 Å². The third kappa shape index (κ3) is 1.96. The van der Waals surface area contributed by atoms with Gasteiger partial charge >= 0.3 is 11.9 Å². The first-order chi connectivity index (χ1) is 10.0. The molecule has 4 nitrogen and oxygen atoms in total. The first kappa shape index (κ1) is 14.7.